The molecule has 0 aliphatic carbocycles. The van der Waals surface area contributed by atoms with Crippen LogP contribution in [0.15, 0.2) is 42.5 Å². The van der Waals surface area contributed by atoms with Crippen LogP contribution in [-0.4, -0.2) is 48.4 Å². The summed E-state index contributed by atoms with van der Waals surface area (Å²) in [6.07, 6.45) is 0. The van der Waals surface area contributed by atoms with E-state index in [2.05, 4.69) is 17.0 Å². The van der Waals surface area contributed by atoms with Crippen LogP contribution in [0.25, 0.3) is 0 Å². The standard InChI is InChI=1S/C18H22ClN3OS.ClH/c1-21(9-14-7-8-17(19)24-14)18(23)12-22-10-15(16(20)11-22)13-5-3-2-4-6-13;/h2-8,15-16H,9-12,20H2,1H3;1H/t15-,16+;/m0./s1. The Morgan fingerprint density at radius 2 is 2.00 bits per heavy atom. The van der Waals surface area contributed by atoms with E-state index in [0.29, 0.717) is 19.0 Å². The van der Waals surface area contributed by atoms with Gasteiger partial charge >= 0.3 is 0 Å². The predicted octanol–water partition coefficient (Wildman–Crippen LogP) is 3.21. The van der Waals surface area contributed by atoms with Gasteiger partial charge in [0.05, 0.1) is 17.4 Å². The van der Waals surface area contributed by atoms with Crippen LogP contribution in [0.4, 0.5) is 0 Å². The van der Waals surface area contributed by atoms with E-state index in [1.165, 1.54) is 16.9 Å². The van der Waals surface area contributed by atoms with Crippen LogP contribution in [-0.2, 0) is 11.3 Å². The highest BCUT2D eigenvalue weighted by molar-refractivity contribution is 7.16. The molecule has 2 heterocycles. The van der Waals surface area contributed by atoms with Gasteiger partial charge in [-0.3, -0.25) is 9.69 Å². The number of nitrogens with zero attached hydrogens (tertiary/aromatic N) is 2. The number of likely N-dealkylation sites (N-methyl/N-ethyl adjacent to an activating group) is 1. The van der Waals surface area contributed by atoms with E-state index in [9.17, 15) is 4.79 Å². The Balaban J connectivity index is 0.00000225. The number of carbonyl (C=O) groups is 1. The highest BCUT2D eigenvalue weighted by atomic mass is 35.5. The lowest BCUT2D eigenvalue weighted by Crippen LogP contribution is -2.38. The lowest BCUT2D eigenvalue weighted by Gasteiger charge is -2.21. The second kappa shape index (κ2) is 9.01. The molecule has 0 saturated carbocycles. The first-order chi connectivity index (χ1) is 11.5. The predicted molar refractivity (Wildman–Crippen MR) is 107 cm³/mol. The molecule has 25 heavy (non-hydrogen) atoms. The number of likely N-dealkylation sites (tertiary alicyclic amines) is 1. The lowest BCUT2D eigenvalue weighted by atomic mass is 9.95. The Labute approximate surface area is 164 Å². The Hall–Kier alpha value is -1.11. The molecule has 3 rings (SSSR count). The van der Waals surface area contributed by atoms with Gasteiger partial charge in [-0.1, -0.05) is 41.9 Å². The first kappa shape index (κ1) is 20.2. The molecule has 0 radical (unpaired) electrons. The molecule has 1 aromatic heterocycles. The summed E-state index contributed by atoms with van der Waals surface area (Å²) in [5, 5.41) is 0. The fourth-order valence-corrected chi connectivity index (χ4v) is 4.31. The second-order valence-corrected chi connectivity index (χ2v) is 8.13. The summed E-state index contributed by atoms with van der Waals surface area (Å²) in [6, 6.07) is 14.2. The molecule has 0 spiro atoms. The summed E-state index contributed by atoms with van der Waals surface area (Å²) in [6.45, 7) is 2.59. The van der Waals surface area contributed by atoms with Crippen molar-refractivity contribution in [3.05, 3.63) is 57.2 Å². The van der Waals surface area contributed by atoms with Crippen LogP contribution in [0, 0.1) is 0 Å². The molecular weight excluding hydrogens is 377 g/mol. The maximum Gasteiger partial charge on any atom is 0.236 e. The van der Waals surface area contributed by atoms with Gasteiger partial charge in [0, 0.05) is 37.0 Å². The Kier molecular flexibility index (Phi) is 7.28. The van der Waals surface area contributed by atoms with Crippen molar-refractivity contribution in [3.63, 3.8) is 0 Å². The Morgan fingerprint density at radius 1 is 1.28 bits per heavy atom. The lowest BCUT2D eigenvalue weighted by molar-refractivity contribution is -0.131. The molecule has 1 aliphatic heterocycles. The molecule has 1 aromatic carbocycles. The smallest absolute Gasteiger partial charge is 0.236 e. The summed E-state index contributed by atoms with van der Waals surface area (Å²) in [5.41, 5.74) is 7.55. The molecule has 136 valence electrons. The van der Waals surface area contributed by atoms with E-state index < -0.39 is 0 Å². The SMILES string of the molecule is CN(Cc1ccc(Cl)s1)C(=O)CN1C[C@@H](N)[C@H](c2ccccc2)C1.Cl. The molecule has 1 fully saturated rings. The average molecular weight is 400 g/mol. The van der Waals surface area contributed by atoms with Gasteiger partial charge in [0.1, 0.15) is 0 Å². The van der Waals surface area contributed by atoms with E-state index >= 15 is 0 Å². The van der Waals surface area contributed by atoms with Crippen molar-refractivity contribution >= 4 is 41.3 Å². The molecule has 0 bridgehead atoms. The summed E-state index contributed by atoms with van der Waals surface area (Å²) in [4.78, 5) is 17.5. The van der Waals surface area contributed by atoms with Gasteiger partial charge in [-0.15, -0.1) is 23.7 Å². The number of rotatable bonds is 5. The molecule has 0 unspecified atom stereocenters. The minimum atomic E-state index is 0. The number of thiophene rings is 1. The second-order valence-electron chi connectivity index (χ2n) is 6.33. The Bertz CT molecular complexity index is 695. The van der Waals surface area contributed by atoms with Crippen LogP contribution < -0.4 is 5.73 Å². The third kappa shape index (κ3) is 5.19. The molecule has 4 nitrogen and oxygen atoms in total. The molecule has 2 N–H and O–H groups in total. The van der Waals surface area contributed by atoms with Gasteiger partial charge in [0.2, 0.25) is 5.91 Å². The van der Waals surface area contributed by atoms with Crippen molar-refractivity contribution in [1.29, 1.82) is 0 Å². The Morgan fingerprint density at radius 3 is 2.64 bits per heavy atom. The number of nitrogens with two attached hydrogens (primary N) is 1. The summed E-state index contributed by atoms with van der Waals surface area (Å²) in [5.74, 6) is 0.404. The highest BCUT2D eigenvalue weighted by Gasteiger charge is 2.32. The van der Waals surface area contributed by atoms with Crippen LogP contribution in [0.3, 0.4) is 0 Å². The molecule has 7 heteroatoms. The van der Waals surface area contributed by atoms with Gasteiger partial charge in [-0.05, 0) is 17.7 Å². The summed E-state index contributed by atoms with van der Waals surface area (Å²) < 4.78 is 0.752. The number of benzene rings is 1. The topological polar surface area (TPSA) is 49.6 Å². The van der Waals surface area contributed by atoms with E-state index in [4.69, 9.17) is 17.3 Å². The maximum atomic E-state index is 12.5. The molecular formula is C18H23Cl2N3OS. The van der Waals surface area contributed by atoms with Crippen LogP contribution >= 0.6 is 35.3 Å². The number of amides is 1. The molecule has 1 aliphatic rings. The fourth-order valence-electron chi connectivity index (χ4n) is 3.17. The van der Waals surface area contributed by atoms with Gasteiger partial charge < -0.3 is 10.6 Å². The summed E-state index contributed by atoms with van der Waals surface area (Å²) in [7, 11) is 1.83. The average Bonchev–Trinajstić information content (AvgIpc) is 3.13. The van der Waals surface area contributed by atoms with E-state index in [1.54, 1.807) is 4.90 Å². The van der Waals surface area contributed by atoms with E-state index in [-0.39, 0.29) is 24.4 Å². The third-order valence-corrected chi connectivity index (χ3v) is 5.69. The highest BCUT2D eigenvalue weighted by Crippen LogP contribution is 2.26. The van der Waals surface area contributed by atoms with Crippen LogP contribution in [0.1, 0.15) is 16.4 Å². The summed E-state index contributed by atoms with van der Waals surface area (Å²) >= 11 is 7.46. The van der Waals surface area contributed by atoms with Crippen molar-refractivity contribution in [2.24, 2.45) is 5.73 Å². The van der Waals surface area contributed by atoms with Gasteiger partial charge in [-0.2, -0.15) is 0 Å². The minimum Gasteiger partial charge on any atom is -0.340 e. The van der Waals surface area contributed by atoms with Crippen molar-refractivity contribution in [2.45, 2.75) is 18.5 Å². The zero-order valence-electron chi connectivity index (χ0n) is 14.1. The zero-order valence-corrected chi connectivity index (χ0v) is 16.5. The van der Waals surface area contributed by atoms with Crippen LogP contribution in [0.5, 0.6) is 0 Å². The van der Waals surface area contributed by atoms with Crippen molar-refractivity contribution < 1.29 is 4.79 Å². The number of carbonyl (C=O) groups excluding carboxylic acids is 1. The molecule has 2 aromatic rings. The molecule has 2 atom stereocenters. The zero-order chi connectivity index (χ0) is 17.1. The molecule has 1 saturated heterocycles. The van der Waals surface area contributed by atoms with E-state index in [0.717, 1.165) is 22.3 Å². The maximum absolute atomic E-state index is 12.5. The monoisotopic (exact) mass is 399 g/mol. The largest absolute Gasteiger partial charge is 0.340 e. The van der Waals surface area contributed by atoms with Crippen LogP contribution in [0.2, 0.25) is 4.34 Å². The van der Waals surface area contributed by atoms with Crippen molar-refractivity contribution in [3.8, 4) is 0 Å². The molecule has 1 amide bonds. The quantitative estimate of drug-likeness (QED) is 0.839. The number of hydrogen-bond donors (Lipinski definition) is 1. The van der Waals surface area contributed by atoms with Gasteiger partial charge in [-0.25, -0.2) is 0 Å². The van der Waals surface area contributed by atoms with E-state index in [1.807, 2.05) is 37.4 Å². The van der Waals surface area contributed by atoms with Gasteiger partial charge in [0.25, 0.3) is 0 Å². The number of halogens is 2. The van der Waals surface area contributed by atoms with Gasteiger partial charge in [0.15, 0.2) is 0 Å². The first-order valence-electron chi connectivity index (χ1n) is 8.04. The van der Waals surface area contributed by atoms with Crippen molar-refractivity contribution in [1.82, 2.24) is 9.80 Å². The normalized spacial score (nSPS) is 20.3. The fraction of sp³-hybridized carbons (Fsp3) is 0.389. The number of hydrogen-bond acceptors (Lipinski definition) is 4. The first-order valence-corrected chi connectivity index (χ1v) is 9.23. The van der Waals surface area contributed by atoms with Crippen molar-refractivity contribution in [2.75, 3.05) is 26.7 Å². The third-order valence-electron chi connectivity index (χ3n) is 4.47. The minimum absolute atomic E-state index is 0.